The Bertz CT molecular complexity index is 1110. The Hall–Kier alpha value is -3.12. The van der Waals surface area contributed by atoms with Gasteiger partial charge in [-0.3, -0.25) is 9.59 Å². The smallest absolute Gasteiger partial charge is 0.255 e. The molecule has 0 saturated heterocycles. The molecule has 0 aliphatic rings. The van der Waals surface area contributed by atoms with Crippen LogP contribution < -0.4 is 15.4 Å². The molecule has 0 spiro atoms. The molecule has 0 atom stereocenters. The van der Waals surface area contributed by atoms with Gasteiger partial charge < -0.3 is 15.4 Å². The molecule has 0 bridgehead atoms. The average Bonchev–Trinajstić information content (AvgIpc) is 2.75. The molecule has 2 amide bonds. The first kappa shape index (κ1) is 23.5. The summed E-state index contributed by atoms with van der Waals surface area (Å²) in [5.74, 6) is 0.763. The van der Waals surface area contributed by atoms with E-state index >= 15 is 0 Å². The van der Waals surface area contributed by atoms with Crippen LogP contribution in [0, 0.1) is 12.8 Å². The maximum Gasteiger partial charge on any atom is 0.255 e. The average molecular weight is 495 g/mol. The van der Waals surface area contributed by atoms with E-state index in [0.29, 0.717) is 35.1 Å². The van der Waals surface area contributed by atoms with Crippen molar-refractivity contribution < 1.29 is 14.3 Å². The maximum absolute atomic E-state index is 12.7. The second-order valence-corrected chi connectivity index (χ2v) is 8.89. The molecule has 0 saturated carbocycles. The number of carbonyl (C=O) groups is 2. The number of ether oxygens (including phenoxy) is 1. The highest BCUT2D eigenvalue weighted by Gasteiger charge is 2.12. The third-order valence-corrected chi connectivity index (χ3v) is 5.43. The first-order valence-electron chi connectivity index (χ1n) is 10.5. The molecule has 32 heavy (non-hydrogen) atoms. The Morgan fingerprint density at radius 2 is 1.50 bits per heavy atom. The lowest BCUT2D eigenvalue weighted by Crippen LogP contribution is -2.15. The van der Waals surface area contributed by atoms with Crippen molar-refractivity contribution in [2.24, 2.45) is 5.92 Å². The molecular weight excluding hydrogens is 468 g/mol. The van der Waals surface area contributed by atoms with Crippen LogP contribution in [-0.4, -0.2) is 18.4 Å². The fourth-order valence-electron chi connectivity index (χ4n) is 3.03. The topological polar surface area (TPSA) is 67.4 Å². The van der Waals surface area contributed by atoms with E-state index in [2.05, 4.69) is 40.4 Å². The fourth-order valence-corrected chi connectivity index (χ4v) is 3.52. The summed E-state index contributed by atoms with van der Waals surface area (Å²) in [6, 6.07) is 19.7. The van der Waals surface area contributed by atoms with Crippen molar-refractivity contribution in [1.82, 2.24) is 0 Å². The van der Waals surface area contributed by atoms with E-state index in [-0.39, 0.29) is 11.8 Å². The van der Waals surface area contributed by atoms with Crippen molar-refractivity contribution in [3.05, 3.63) is 87.9 Å². The first-order valence-corrected chi connectivity index (χ1v) is 11.3. The monoisotopic (exact) mass is 494 g/mol. The number of benzene rings is 3. The normalized spacial score (nSPS) is 10.7. The molecule has 6 heteroatoms. The lowest BCUT2D eigenvalue weighted by Gasteiger charge is -2.12. The van der Waals surface area contributed by atoms with Gasteiger partial charge in [0, 0.05) is 22.5 Å². The summed E-state index contributed by atoms with van der Waals surface area (Å²) in [6.07, 6.45) is 0.961. The molecule has 0 aromatic heterocycles. The summed E-state index contributed by atoms with van der Waals surface area (Å²) in [5, 5.41) is 5.73. The van der Waals surface area contributed by atoms with Crippen LogP contribution >= 0.6 is 15.9 Å². The number of rotatable bonds is 8. The SMILES string of the molecule is Cc1cccc(NC(=O)c2cccc(NC(=O)c3ccc(OCCC(C)C)c(Br)c3)c2)c1. The molecule has 0 fully saturated rings. The van der Waals surface area contributed by atoms with E-state index in [0.717, 1.165) is 22.1 Å². The van der Waals surface area contributed by atoms with Gasteiger partial charge >= 0.3 is 0 Å². The number of carbonyl (C=O) groups excluding carboxylic acids is 2. The van der Waals surface area contributed by atoms with Crippen molar-refractivity contribution >= 4 is 39.1 Å². The van der Waals surface area contributed by atoms with Crippen LogP contribution in [0.5, 0.6) is 5.75 Å². The molecule has 3 aromatic carbocycles. The van der Waals surface area contributed by atoms with Gasteiger partial charge in [0.05, 0.1) is 11.1 Å². The van der Waals surface area contributed by atoms with Gasteiger partial charge in [-0.1, -0.05) is 32.0 Å². The quantitative estimate of drug-likeness (QED) is 0.366. The predicted molar refractivity (Wildman–Crippen MR) is 133 cm³/mol. The van der Waals surface area contributed by atoms with Gasteiger partial charge in [0.15, 0.2) is 0 Å². The molecule has 5 nitrogen and oxygen atoms in total. The highest BCUT2D eigenvalue weighted by Crippen LogP contribution is 2.27. The molecule has 0 aliphatic heterocycles. The lowest BCUT2D eigenvalue weighted by atomic mass is 10.1. The van der Waals surface area contributed by atoms with Crippen molar-refractivity contribution in [2.45, 2.75) is 27.2 Å². The number of anilines is 2. The minimum absolute atomic E-state index is 0.239. The third-order valence-electron chi connectivity index (χ3n) is 4.81. The van der Waals surface area contributed by atoms with E-state index in [1.165, 1.54) is 0 Å². The first-order chi connectivity index (χ1) is 15.3. The van der Waals surface area contributed by atoms with Crippen LogP contribution in [0.3, 0.4) is 0 Å². The molecule has 2 N–H and O–H groups in total. The summed E-state index contributed by atoms with van der Waals surface area (Å²) in [5.41, 5.74) is 3.28. The third kappa shape index (κ3) is 6.69. The van der Waals surface area contributed by atoms with Gasteiger partial charge in [-0.25, -0.2) is 0 Å². The Morgan fingerprint density at radius 3 is 2.12 bits per heavy atom. The van der Waals surface area contributed by atoms with E-state index in [4.69, 9.17) is 4.74 Å². The minimum atomic E-state index is -0.268. The Balaban J connectivity index is 1.65. The standard InChI is InChI=1S/C26H27BrN2O3/c1-17(2)12-13-32-24-11-10-20(16-23(24)27)26(31)29-22-9-5-7-19(15-22)25(30)28-21-8-4-6-18(3)14-21/h4-11,14-17H,12-13H2,1-3H3,(H,28,30)(H,29,31). The summed E-state index contributed by atoms with van der Waals surface area (Å²) in [7, 11) is 0. The Labute approximate surface area is 197 Å². The highest BCUT2D eigenvalue weighted by atomic mass is 79.9. The maximum atomic E-state index is 12.7. The summed E-state index contributed by atoms with van der Waals surface area (Å²) in [4.78, 5) is 25.3. The molecule has 3 aromatic rings. The molecular formula is C26H27BrN2O3. The number of hydrogen-bond donors (Lipinski definition) is 2. The van der Waals surface area contributed by atoms with Gasteiger partial charge in [0.1, 0.15) is 5.75 Å². The molecule has 3 rings (SSSR count). The van der Waals surface area contributed by atoms with E-state index in [1.54, 1.807) is 42.5 Å². The fraction of sp³-hybridized carbons (Fsp3) is 0.231. The van der Waals surface area contributed by atoms with Crippen LogP contribution in [0.4, 0.5) is 11.4 Å². The zero-order valence-electron chi connectivity index (χ0n) is 18.4. The van der Waals surface area contributed by atoms with Gasteiger partial charge in [0.2, 0.25) is 0 Å². The van der Waals surface area contributed by atoms with Crippen molar-refractivity contribution in [3.63, 3.8) is 0 Å². The summed E-state index contributed by atoms with van der Waals surface area (Å²) >= 11 is 3.48. The van der Waals surface area contributed by atoms with Crippen molar-refractivity contribution in [1.29, 1.82) is 0 Å². The van der Waals surface area contributed by atoms with Crippen LogP contribution in [0.1, 0.15) is 46.5 Å². The van der Waals surface area contributed by atoms with Crippen molar-refractivity contribution in [2.75, 3.05) is 17.2 Å². The molecule has 166 valence electrons. The summed E-state index contributed by atoms with van der Waals surface area (Å²) < 4.78 is 6.50. The second kappa shape index (κ2) is 11.0. The Morgan fingerprint density at radius 1 is 0.875 bits per heavy atom. The van der Waals surface area contributed by atoms with Crippen LogP contribution in [-0.2, 0) is 0 Å². The van der Waals surface area contributed by atoms with E-state index < -0.39 is 0 Å². The number of aryl methyl sites for hydroxylation is 1. The van der Waals surface area contributed by atoms with Gasteiger partial charge in [-0.05, 0) is 89.3 Å². The summed E-state index contributed by atoms with van der Waals surface area (Å²) in [6.45, 7) is 6.88. The number of hydrogen-bond acceptors (Lipinski definition) is 3. The van der Waals surface area contributed by atoms with Crippen LogP contribution in [0.25, 0.3) is 0 Å². The number of halogens is 1. The number of nitrogens with one attached hydrogen (secondary N) is 2. The second-order valence-electron chi connectivity index (χ2n) is 8.03. The largest absolute Gasteiger partial charge is 0.492 e. The van der Waals surface area contributed by atoms with Gasteiger partial charge in [-0.2, -0.15) is 0 Å². The highest BCUT2D eigenvalue weighted by molar-refractivity contribution is 9.10. The van der Waals surface area contributed by atoms with Crippen molar-refractivity contribution in [3.8, 4) is 5.75 Å². The predicted octanol–water partition coefficient (Wildman–Crippen LogP) is 6.69. The minimum Gasteiger partial charge on any atom is -0.492 e. The molecule has 0 heterocycles. The van der Waals surface area contributed by atoms with Crippen LogP contribution in [0.2, 0.25) is 0 Å². The Kier molecular flexibility index (Phi) is 8.06. The zero-order chi connectivity index (χ0) is 23.1. The molecule has 0 aliphatic carbocycles. The van der Waals surface area contributed by atoms with E-state index in [1.807, 2.05) is 31.2 Å². The van der Waals surface area contributed by atoms with Gasteiger partial charge in [-0.15, -0.1) is 0 Å². The number of amides is 2. The van der Waals surface area contributed by atoms with Crippen LogP contribution in [0.15, 0.2) is 71.2 Å². The van der Waals surface area contributed by atoms with E-state index in [9.17, 15) is 9.59 Å². The van der Waals surface area contributed by atoms with Gasteiger partial charge in [0.25, 0.3) is 11.8 Å². The zero-order valence-corrected chi connectivity index (χ0v) is 20.0. The molecule has 0 radical (unpaired) electrons. The lowest BCUT2D eigenvalue weighted by molar-refractivity contribution is 0.101. The molecule has 0 unspecified atom stereocenters.